The molecule has 47 heavy (non-hydrogen) atoms. The minimum atomic E-state index is -0.256. The highest BCUT2D eigenvalue weighted by Gasteiger charge is 2.49. The number of para-hydroxylation sites is 4. The smallest absolute Gasteiger partial charge is 0.342 e. The van der Waals surface area contributed by atoms with Crippen LogP contribution in [0, 0.1) is 6.92 Å². The lowest BCUT2D eigenvalue weighted by atomic mass is 9.37. The van der Waals surface area contributed by atoms with Gasteiger partial charge in [-0.1, -0.05) is 66.7 Å². The van der Waals surface area contributed by atoms with Crippen LogP contribution in [-0.2, 0) is 0 Å². The largest absolute Gasteiger partial charge is 0.468 e. The van der Waals surface area contributed by atoms with Gasteiger partial charge >= 0.3 is 6.71 Å². The van der Waals surface area contributed by atoms with E-state index in [-0.39, 0.29) is 6.71 Å². The molecular formula is C41H25BN2O3. The second kappa shape index (κ2) is 8.98. The van der Waals surface area contributed by atoms with E-state index in [2.05, 4.69) is 132 Å². The summed E-state index contributed by atoms with van der Waals surface area (Å²) in [4.78, 5) is 4.74. The SMILES string of the molecule is Cc1cc2c3c(c1)N(c1ccccc1)c1c(oc4cc5c(cc14)oc1ccccc15)B3c1oc3ccccc3c1N2c1ccccc1. The van der Waals surface area contributed by atoms with Gasteiger partial charge in [0, 0.05) is 44.3 Å². The molecule has 2 aliphatic rings. The van der Waals surface area contributed by atoms with Gasteiger partial charge < -0.3 is 23.1 Å². The van der Waals surface area contributed by atoms with E-state index >= 15 is 0 Å². The number of furan rings is 3. The van der Waals surface area contributed by atoms with Gasteiger partial charge in [0.15, 0.2) is 0 Å². The van der Waals surface area contributed by atoms with Crippen LogP contribution in [0.5, 0.6) is 0 Å². The summed E-state index contributed by atoms with van der Waals surface area (Å²) in [5.41, 5.74) is 13.9. The van der Waals surface area contributed by atoms with Gasteiger partial charge in [-0.15, -0.1) is 0 Å². The Bertz CT molecular complexity index is 2720. The average molecular weight is 604 g/mol. The van der Waals surface area contributed by atoms with Crippen LogP contribution in [0.4, 0.5) is 34.1 Å². The molecule has 9 aromatic rings. The zero-order valence-corrected chi connectivity index (χ0v) is 25.4. The molecular weight excluding hydrogens is 579 g/mol. The lowest BCUT2D eigenvalue weighted by Crippen LogP contribution is -2.60. The van der Waals surface area contributed by atoms with Crippen LogP contribution < -0.4 is 26.6 Å². The second-order valence-electron chi connectivity index (χ2n) is 12.6. The van der Waals surface area contributed by atoms with E-state index in [9.17, 15) is 0 Å². The summed E-state index contributed by atoms with van der Waals surface area (Å²) >= 11 is 0. The Morgan fingerprint density at radius 3 is 1.60 bits per heavy atom. The van der Waals surface area contributed by atoms with E-state index < -0.39 is 0 Å². The molecule has 220 valence electrons. The van der Waals surface area contributed by atoms with Crippen molar-refractivity contribution in [1.29, 1.82) is 0 Å². The molecule has 0 bridgehead atoms. The van der Waals surface area contributed by atoms with Crippen LogP contribution in [-0.4, -0.2) is 6.71 Å². The summed E-state index contributed by atoms with van der Waals surface area (Å²) in [5, 5.41) is 4.21. The first-order valence-corrected chi connectivity index (χ1v) is 16.0. The van der Waals surface area contributed by atoms with Gasteiger partial charge in [0.1, 0.15) is 33.7 Å². The Balaban J connectivity index is 1.30. The van der Waals surface area contributed by atoms with Crippen molar-refractivity contribution in [3.05, 3.63) is 139 Å². The third-order valence-electron chi connectivity index (χ3n) is 9.83. The Hall–Kier alpha value is -6.14. The quantitative estimate of drug-likeness (QED) is 0.184. The summed E-state index contributed by atoms with van der Waals surface area (Å²) < 4.78 is 20.4. The summed E-state index contributed by atoms with van der Waals surface area (Å²) in [6.07, 6.45) is 0. The Morgan fingerprint density at radius 1 is 0.447 bits per heavy atom. The molecule has 3 aromatic heterocycles. The Morgan fingerprint density at radius 2 is 0.936 bits per heavy atom. The van der Waals surface area contributed by atoms with E-state index in [0.717, 1.165) is 94.8 Å². The molecule has 6 heteroatoms. The fourth-order valence-corrected chi connectivity index (χ4v) is 7.96. The topological polar surface area (TPSA) is 45.9 Å². The first kappa shape index (κ1) is 25.1. The highest BCUT2D eigenvalue weighted by Crippen LogP contribution is 2.49. The van der Waals surface area contributed by atoms with Crippen LogP contribution in [0.15, 0.2) is 147 Å². The molecule has 0 radical (unpaired) electrons. The third kappa shape index (κ3) is 3.29. The monoisotopic (exact) mass is 604 g/mol. The van der Waals surface area contributed by atoms with Crippen molar-refractivity contribution in [2.45, 2.75) is 6.92 Å². The number of fused-ring (bicyclic) bond motifs is 11. The van der Waals surface area contributed by atoms with Gasteiger partial charge in [-0.3, -0.25) is 0 Å². The molecule has 6 aromatic carbocycles. The number of aryl methyl sites for hydroxylation is 1. The van der Waals surface area contributed by atoms with Crippen LogP contribution >= 0.6 is 0 Å². The van der Waals surface area contributed by atoms with Crippen LogP contribution in [0.3, 0.4) is 0 Å². The number of rotatable bonds is 2. The van der Waals surface area contributed by atoms with Crippen molar-refractivity contribution in [1.82, 2.24) is 0 Å². The zero-order valence-electron chi connectivity index (χ0n) is 25.4. The van der Waals surface area contributed by atoms with Gasteiger partial charge in [0.25, 0.3) is 0 Å². The molecule has 2 aliphatic heterocycles. The van der Waals surface area contributed by atoms with Gasteiger partial charge in [0.05, 0.1) is 11.4 Å². The summed E-state index contributed by atoms with van der Waals surface area (Å²) in [5.74, 6) is 0. The fraction of sp³-hybridized carbons (Fsp3) is 0.0244. The van der Waals surface area contributed by atoms with Crippen molar-refractivity contribution in [3.8, 4) is 0 Å². The Kier molecular flexibility index (Phi) is 4.80. The zero-order chi connectivity index (χ0) is 30.8. The molecule has 0 N–H and O–H groups in total. The van der Waals surface area contributed by atoms with Crippen molar-refractivity contribution < 1.29 is 13.3 Å². The van der Waals surface area contributed by atoms with E-state index in [1.165, 1.54) is 5.56 Å². The van der Waals surface area contributed by atoms with E-state index in [4.69, 9.17) is 13.3 Å². The van der Waals surface area contributed by atoms with Gasteiger partial charge in [-0.25, -0.2) is 0 Å². The molecule has 5 heterocycles. The standard InChI is InChI=1S/C41H25BN2O3/c1-24-20-31-37-32(21-24)44(26-14-6-3-7-15-26)39-30-23-35-29(27-16-8-10-18-33(27)45-35)22-36(30)47-41(39)42(37)40-38(28-17-9-11-19-34(28)46-40)43(31)25-12-4-2-5-13-25/h2-23H,1H3. The van der Waals surface area contributed by atoms with Crippen LogP contribution in [0.2, 0.25) is 0 Å². The van der Waals surface area contributed by atoms with Crippen LogP contribution in [0.25, 0.3) is 43.9 Å². The maximum Gasteiger partial charge on any atom is 0.342 e. The highest BCUT2D eigenvalue weighted by molar-refractivity contribution is 6.99. The van der Waals surface area contributed by atoms with Gasteiger partial charge in [-0.05, 0) is 84.7 Å². The van der Waals surface area contributed by atoms with Gasteiger partial charge in [0.2, 0.25) is 0 Å². The number of hydrogen-bond acceptors (Lipinski definition) is 5. The summed E-state index contributed by atoms with van der Waals surface area (Å²) in [6.45, 7) is 1.93. The van der Waals surface area contributed by atoms with Crippen molar-refractivity contribution in [2.75, 3.05) is 9.80 Å². The second-order valence-corrected chi connectivity index (χ2v) is 12.6. The predicted octanol–water partition coefficient (Wildman–Crippen LogP) is 9.47. The van der Waals surface area contributed by atoms with E-state index in [1.54, 1.807) is 0 Å². The predicted molar refractivity (Wildman–Crippen MR) is 192 cm³/mol. The minimum absolute atomic E-state index is 0.256. The number of nitrogens with zero attached hydrogens (tertiary/aromatic N) is 2. The third-order valence-corrected chi connectivity index (χ3v) is 9.83. The maximum absolute atomic E-state index is 7.08. The highest BCUT2D eigenvalue weighted by atomic mass is 16.4. The van der Waals surface area contributed by atoms with E-state index in [1.807, 2.05) is 18.2 Å². The molecule has 0 atom stereocenters. The lowest BCUT2D eigenvalue weighted by Gasteiger charge is -2.40. The molecule has 11 rings (SSSR count). The molecule has 0 saturated heterocycles. The average Bonchev–Trinajstić information content (AvgIpc) is 3.79. The summed E-state index contributed by atoms with van der Waals surface area (Å²) in [7, 11) is 0. The van der Waals surface area contributed by atoms with Crippen molar-refractivity contribution in [3.63, 3.8) is 0 Å². The minimum Gasteiger partial charge on any atom is -0.468 e. The lowest BCUT2D eigenvalue weighted by molar-refractivity contribution is 0.637. The van der Waals surface area contributed by atoms with Crippen molar-refractivity contribution >= 4 is 101 Å². The first-order valence-electron chi connectivity index (χ1n) is 16.0. The van der Waals surface area contributed by atoms with Gasteiger partial charge in [-0.2, -0.15) is 0 Å². The fourth-order valence-electron chi connectivity index (χ4n) is 7.96. The molecule has 0 saturated carbocycles. The molecule has 0 amide bonds. The normalized spacial score (nSPS) is 13.5. The number of hydrogen-bond donors (Lipinski definition) is 0. The molecule has 0 aliphatic carbocycles. The first-order chi connectivity index (χ1) is 23.2. The maximum atomic E-state index is 7.08. The Labute approximate surface area is 269 Å². The number of benzene rings is 6. The molecule has 5 nitrogen and oxygen atoms in total. The summed E-state index contributed by atoms with van der Waals surface area (Å²) in [6, 6.07) is 46.6. The molecule has 0 fully saturated rings. The van der Waals surface area contributed by atoms with Crippen LogP contribution in [0.1, 0.15) is 5.56 Å². The van der Waals surface area contributed by atoms with E-state index in [0.29, 0.717) is 0 Å². The molecule has 0 spiro atoms. The molecule has 0 unspecified atom stereocenters. The van der Waals surface area contributed by atoms with Crippen molar-refractivity contribution in [2.24, 2.45) is 0 Å². The number of anilines is 6.